The van der Waals surface area contributed by atoms with Crippen LogP contribution in [-0.4, -0.2) is 37.8 Å². The first kappa shape index (κ1) is 15.3. The maximum absolute atomic E-state index is 12.6. The zero-order valence-electron chi connectivity index (χ0n) is 13.9. The summed E-state index contributed by atoms with van der Waals surface area (Å²) in [4.78, 5) is 14.7. The second-order valence-corrected chi connectivity index (χ2v) is 6.71. The number of hydrogen-bond donors (Lipinski definition) is 1. The van der Waals surface area contributed by atoms with Crippen LogP contribution in [0.25, 0.3) is 0 Å². The molecule has 1 fully saturated rings. The van der Waals surface area contributed by atoms with Gasteiger partial charge in [-0.1, -0.05) is 20.3 Å². The Morgan fingerprint density at radius 3 is 2.86 bits per heavy atom. The third-order valence-corrected chi connectivity index (χ3v) is 5.16. The lowest BCUT2D eigenvalue weighted by molar-refractivity contribution is 0.151. The highest BCUT2D eigenvalue weighted by Gasteiger charge is 2.37. The summed E-state index contributed by atoms with van der Waals surface area (Å²) in [5, 5.41) is 11.5. The summed E-state index contributed by atoms with van der Waals surface area (Å²) in [6.45, 7) is 8.02. The van der Waals surface area contributed by atoms with E-state index in [2.05, 4.69) is 45.8 Å². The Morgan fingerprint density at radius 1 is 1.41 bits per heavy atom. The highest BCUT2D eigenvalue weighted by Crippen LogP contribution is 2.31. The van der Waals surface area contributed by atoms with E-state index in [0.29, 0.717) is 18.5 Å². The first-order chi connectivity index (χ1) is 10.6. The number of rotatable bonds is 6. The molecule has 3 rings (SSSR count). The van der Waals surface area contributed by atoms with E-state index in [9.17, 15) is 4.79 Å². The van der Waals surface area contributed by atoms with E-state index in [1.54, 1.807) is 0 Å². The fourth-order valence-corrected chi connectivity index (χ4v) is 3.24. The normalized spacial score (nSPS) is 19.6. The van der Waals surface area contributed by atoms with E-state index in [-0.39, 0.29) is 12.1 Å². The number of hydrogen-bond acceptors (Lipinski definition) is 3. The smallest absolute Gasteiger partial charge is 0.318 e. The molecule has 2 atom stereocenters. The highest BCUT2D eigenvalue weighted by atomic mass is 16.2. The van der Waals surface area contributed by atoms with Crippen molar-refractivity contribution in [1.82, 2.24) is 25.0 Å². The monoisotopic (exact) mass is 305 g/mol. The number of aryl methyl sites for hydroxylation is 1. The molecule has 6 nitrogen and oxygen atoms in total. The maximum Gasteiger partial charge on any atom is 0.318 e. The summed E-state index contributed by atoms with van der Waals surface area (Å²) in [6.07, 6.45) is 5.49. The number of nitrogens with zero attached hydrogens (tertiary/aromatic N) is 4. The van der Waals surface area contributed by atoms with Gasteiger partial charge in [0, 0.05) is 25.0 Å². The van der Waals surface area contributed by atoms with Crippen molar-refractivity contribution in [3.63, 3.8) is 0 Å². The summed E-state index contributed by atoms with van der Waals surface area (Å²) < 4.78 is 2.14. The molecule has 2 heterocycles. The molecule has 0 spiro atoms. The largest absolute Gasteiger partial charge is 0.331 e. The fraction of sp³-hybridized carbons (Fsp3) is 0.812. The number of aromatic nitrogens is 3. The van der Waals surface area contributed by atoms with Crippen LogP contribution < -0.4 is 5.32 Å². The van der Waals surface area contributed by atoms with Gasteiger partial charge in [-0.05, 0) is 32.1 Å². The third-order valence-electron chi connectivity index (χ3n) is 5.16. The molecule has 1 aromatic heterocycles. The second kappa shape index (κ2) is 6.26. The summed E-state index contributed by atoms with van der Waals surface area (Å²) in [6, 6.07) is 0.750. The van der Waals surface area contributed by atoms with E-state index in [0.717, 1.165) is 50.3 Å². The van der Waals surface area contributed by atoms with Crippen molar-refractivity contribution in [2.75, 3.05) is 0 Å². The fourth-order valence-electron chi connectivity index (χ4n) is 3.24. The van der Waals surface area contributed by atoms with Crippen LogP contribution in [0.4, 0.5) is 4.79 Å². The Morgan fingerprint density at radius 2 is 2.18 bits per heavy atom. The van der Waals surface area contributed by atoms with Gasteiger partial charge in [-0.15, -0.1) is 10.2 Å². The van der Waals surface area contributed by atoms with Gasteiger partial charge in [-0.2, -0.15) is 0 Å². The van der Waals surface area contributed by atoms with Gasteiger partial charge in [0.25, 0.3) is 0 Å². The predicted molar refractivity (Wildman–Crippen MR) is 84.4 cm³/mol. The van der Waals surface area contributed by atoms with Crippen LogP contribution in [0, 0.1) is 5.92 Å². The minimum absolute atomic E-state index is 0.0469. The van der Waals surface area contributed by atoms with Crippen molar-refractivity contribution in [1.29, 1.82) is 0 Å². The van der Waals surface area contributed by atoms with Gasteiger partial charge in [0.05, 0.1) is 6.54 Å². The molecule has 1 aromatic rings. The molecule has 22 heavy (non-hydrogen) atoms. The van der Waals surface area contributed by atoms with Crippen LogP contribution in [0.1, 0.15) is 58.1 Å². The molecule has 6 heteroatoms. The molecule has 2 amide bonds. The average molecular weight is 305 g/mol. The highest BCUT2D eigenvalue weighted by molar-refractivity contribution is 5.75. The van der Waals surface area contributed by atoms with Gasteiger partial charge < -0.3 is 14.8 Å². The van der Waals surface area contributed by atoms with Crippen molar-refractivity contribution >= 4 is 6.03 Å². The summed E-state index contributed by atoms with van der Waals surface area (Å²) in [5.74, 6) is 2.45. The van der Waals surface area contributed by atoms with Gasteiger partial charge in [0.2, 0.25) is 0 Å². The van der Waals surface area contributed by atoms with E-state index < -0.39 is 0 Å². The van der Waals surface area contributed by atoms with E-state index in [1.807, 2.05) is 0 Å². The van der Waals surface area contributed by atoms with Crippen molar-refractivity contribution in [2.45, 2.75) is 78.0 Å². The summed E-state index contributed by atoms with van der Waals surface area (Å²) in [5.41, 5.74) is 0. The number of carbonyl (C=O) groups is 1. The molecule has 1 N–H and O–H groups in total. The van der Waals surface area contributed by atoms with E-state index in [1.165, 1.54) is 0 Å². The molecule has 1 aliphatic carbocycles. The molecule has 0 unspecified atom stereocenters. The Kier molecular flexibility index (Phi) is 4.36. The van der Waals surface area contributed by atoms with Gasteiger partial charge in [0.15, 0.2) is 5.82 Å². The molecule has 2 aliphatic rings. The van der Waals surface area contributed by atoms with Crippen LogP contribution in [0.2, 0.25) is 0 Å². The van der Waals surface area contributed by atoms with Crippen LogP contribution in [0.15, 0.2) is 0 Å². The summed E-state index contributed by atoms with van der Waals surface area (Å²) in [7, 11) is 0. The SMILES string of the molecule is CC[C@@H](C)[C@@H](C)N(C(=O)NCc1nnc2n1CCC2)C1CC1. The van der Waals surface area contributed by atoms with Gasteiger partial charge in [-0.25, -0.2) is 4.79 Å². The standard InChI is InChI=1S/C16H27N5O/c1-4-11(2)12(3)21(13-7-8-13)16(22)17-10-15-19-18-14-6-5-9-20(14)15/h11-13H,4-10H2,1-3H3,(H,17,22)/t11-,12-/m1/s1. The summed E-state index contributed by atoms with van der Waals surface area (Å²) >= 11 is 0. The number of amides is 2. The van der Waals surface area contributed by atoms with E-state index >= 15 is 0 Å². The van der Waals surface area contributed by atoms with Crippen LogP contribution in [-0.2, 0) is 19.5 Å². The zero-order chi connectivity index (χ0) is 15.7. The average Bonchev–Trinajstić information content (AvgIpc) is 3.09. The Bertz CT molecular complexity index is 537. The van der Waals surface area contributed by atoms with Crippen LogP contribution >= 0.6 is 0 Å². The molecule has 0 saturated heterocycles. The number of fused-ring (bicyclic) bond motifs is 1. The van der Waals surface area contributed by atoms with Gasteiger partial charge >= 0.3 is 6.03 Å². The maximum atomic E-state index is 12.6. The van der Waals surface area contributed by atoms with Crippen molar-refractivity contribution in [3.8, 4) is 0 Å². The zero-order valence-corrected chi connectivity index (χ0v) is 13.9. The minimum atomic E-state index is 0.0469. The Balaban J connectivity index is 1.61. The molecular formula is C16H27N5O. The Hall–Kier alpha value is -1.59. The van der Waals surface area contributed by atoms with Crippen LogP contribution in [0.3, 0.4) is 0 Å². The third kappa shape index (κ3) is 2.96. The molecule has 122 valence electrons. The van der Waals surface area contributed by atoms with Gasteiger partial charge in [0.1, 0.15) is 5.82 Å². The van der Waals surface area contributed by atoms with Crippen LogP contribution in [0.5, 0.6) is 0 Å². The van der Waals surface area contributed by atoms with Crippen molar-refractivity contribution in [2.24, 2.45) is 5.92 Å². The van der Waals surface area contributed by atoms with E-state index in [4.69, 9.17) is 0 Å². The Labute approximate surface area is 132 Å². The molecular weight excluding hydrogens is 278 g/mol. The first-order valence-electron chi connectivity index (χ1n) is 8.59. The minimum Gasteiger partial charge on any atom is -0.331 e. The molecule has 0 aromatic carbocycles. The topological polar surface area (TPSA) is 63.1 Å². The first-order valence-corrected chi connectivity index (χ1v) is 8.59. The lowest BCUT2D eigenvalue weighted by Gasteiger charge is -2.33. The van der Waals surface area contributed by atoms with Crippen molar-refractivity contribution < 1.29 is 4.79 Å². The molecule has 1 saturated carbocycles. The number of carbonyl (C=O) groups excluding carboxylic acids is 1. The van der Waals surface area contributed by atoms with Gasteiger partial charge in [-0.3, -0.25) is 0 Å². The molecule has 0 bridgehead atoms. The number of nitrogens with one attached hydrogen (secondary N) is 1. The van der Waals surface area contributed by atoms with Crippen molar-refractivity contribution in [3.05, 3.63) is 11.6 Å². The second-order valence-electron chi connectivity index (χ2n) is 6.71. The quantitative estimate of drug-likeness (QED) is 0.877. The number of urea groups is 1. The molecule has 1 aliphatic heterocycles. The lowest BCUT2D eigenvalue weighted by Crippen LogP contribution is -2.48. The predicted octanol–water partition coefficient (Wildman–Crippen LogP) is 2.33. The molecule has 0 radical (unpaired) electrons. The lowest BCUT2D eigenvalue weighted by atomic mass is 9.99.